The summed E-state index contributed by atoms with van der Waals surface area (Å²) in [5.41, 5.74) is -1.84. The largest absolute Gasteiger partial charge is 0.486 e. The number of halogens is 5. The van der Waals surface area contributed by atoms with E-state index in [1.807, 2.05) is 0 Å². The number of carboxylic acid groups (broad SMARTS) is 1. The molecule has 1 heterocycles. The molecular formula is C26H22ClF4NO5S. The molecule has 0 fully saturated rings. The maximum atomic E-state index is 14.1. The van der Waals surface area contributed by atoms with Crippen molar-refractivity contribution in [2.75, 3.05) is 10.8 Å². The Morgan fingerprint density at radius 1 is 1.11 bits per heavy atom. The number of sulfonamides is 1. The Labute approximate surface area is 221 Å². The number of benzene rings is 3. The summed E-state index contributed by atoms with van der Waals surface area (Å²) >= 11 is 6.12. The highest BCUT2D eigenvalue weighted by atomic mass is 35.5. The predicted octanol–water partition coefficient (Wildman–Crippen LogP) is 6.62. The van der Waals surface area contributed by atoms with Gasteiger partial charge in [0.1, 0.15) is 17.7 Å². The Balaban J connectivity index is 1.86. The minimum Gasteiger partial charge on any atom is -0.486 e. The molecule has 202 valence electrons. The second-order valence-corrected chi connectivity index (χ2v) is 11.7. The molecule has 12 heteroatoms. The van der Waals surface area contributed by atoms with Crippen LogP contribution in [0.1, 0.15) is 25.8 Å². The van der Waals surface area contributed by atoms with Gasteiger partial charge < -0.3 is 9.84 Å². The number of hydrogen-bond donors (Lipinski definition) is 1. The number of fused-ring (bicyclic) bond motifs is 1. The van der Waals surface area contributed by atoms with Gasteiger partial charge in [0.2, 0.25) is 0 Å². The summed E-state index contributed by atoms with van der Waals surface area (Å²) in [5, 5.41) is 9.35. The lowest BCUT2D eigenvalue weighted by Gasteiger charge is -2.38. The molecule has 0 bridgehead atoms. The van der Waals surface area contributed by atoms with E-state index in [0.29, 0.717) is 11.6 Å². The van der Waals surface area contributed by atoms with Crippen molar-refractivity contribution in [3.63, 3.8) is 0 Å². The number of alkyl halides is 3. The van der Waals surface area contributed by atoms with Crippen molar-refractivity contribution in [3.05, 3.63) is 77.1 Å². The van der Waals surface area contributed by atoms with Crippen LogP contribution in [0.4, 0.5) is 23.2 Å². The van der Waals surface area contributed by atoms with Crippen LogP contribution in [-0.4, -0.2) is 32.1 Å². The summed E-state index contributed by atoms with van der Waals surface area (Å²) in [7, 11) is -4.59. The van der Waals surface area contributed by atoms with Crippen molar-refractivity contribution < 1.29 is 40.6 Å². The molecular weight excluding hydrogens is 550 g/mol. The third-order valence-electron chi connectivity index (χ3n) is 6.22. The zero-order valence-electron chi connectivity index (χ0n) is 20.1. The van der Waals surface area contributed by atoms with Gasteiger partial charge in [-0.15, -0.1) is 0 Å². The molecule has 0 aromatic heterocycles. The third kappa shape index (κ3) is 5.30. The molecule has 3 aromatic carbocycles. The second-order valence-electron chi connectivity index (χ2n) is 9.48. The summed E-state index contributed by atoms with van der Waals surface area (Å²) in [4.78, 5) is 11.1. The summed E-state index contributed by atoms with van der Waals surface area (Å²) < 4.78 is 88.5. The molecule has 0 aliphatic carbocycles. The molecule has 0 spiro atoms. The van der Waals surface area contributed by atoms with E-state index in [4.69, 9.17) is 16.3 Å². The Bertz CT molecular complexity index is 1510. The van der Waals surface area contributed by atoms with Crippen molar-refractivity contribution in [2.24, 2.45) is 5.41 Å². The fourth-order valence-corrected chi connectivity index (χ4v) is 5.94. The average molecular weight is 572 g/mol. The topological polar surface area (TPSA) is 83.9 Å². The summed E-state index contributed by atoms with van der Waals surface area (Å²) in [5.74, 6) is -1.76. The Hall–Kier alpha value is -3.31. The number of hydrogen-bond acceptors (Lipinski definition) is 4. The number of carbonyl (C=O) groups is 1. The van der Waals surface area contributed by atoms with E-state index < -0.39 is 50.0 Å². The number of aliphatic carboxylic acids is 1. The SMILES string of the molecule is CC(C)(C[C@H]1CN(S(=O)(=O)c2cccc(C(F)(F)F)c2)c2cc(-c3cccc(F)c3Cl)ccc2O1)C(=O)O. The second kappa shape index (κ2) is 9.77. The van der Waals surface area contributed by atoms with Crippen LogP contribution in [-0.2, 0) is 21.0 Å². The van der Waals surface area contributed by atoms with Gasteiger partial charge in [0.15, 0.2) is 0 Å². The van der Waals surface area contributed by atoms with Crippen molar-refractivity contribution in [3.8, 4) is 16.9 Å². The van der Waals surface area contributed by atoms with Crippen molar-refractivity contribution in [2.45, 2.75) is 37.4 Å². The summed E-state index contributed by atoms with van der Waals surface area (Å²) in [6.45, 7) is 2.53. The van der Waals surface area contributed by atoms with Gasteiger partial charge in [-0.25, -0.2) is 12.8 Å². The number of ether oxygens (including phenoxy) is 1. The van der Waals surface area contributed by atoms with E-state index in [1.165, 1.54) is 44.2 Å². The molecule has 1 aliphatic rings. The maximum absolute atomic E-state index is 14.1. The minimum absolute atomic E-state index is 0.00961. The molecule has 0 unspecified atom stereocenters. The highest BCUT2D eigenvalue weighted by Gasteiger charge is 2.40. The van der Waals surface area contributed by atoms with Crippen LogP contribution < -0.4 is 9.04 Å². The normalized spacial score (nSPS) is 16.1. The minimum atomic E-state index is -4.77. The fourth-order valence-electron chi connectivity index (χ4n) is 4.16. The van der Waals surface area contributed by atoms with Crippen molar-refractivity contribution in [1.29, 1.82) is 0 Å². The first-order chi connectivity index (χ1) is 17.6. The van der Waals surface area contributed by atoms with Crippen LogP contribution in [0, 0.1) is 11.2 Å². The van der Waals surface area contributed by atoms with E-state index in [2.05, 4.69) is 0 Å². The molecule has 0 saturated carbocycles. The van der Waals surface area contributed by atoms with Gasteiger partial charge in [0.25, 0.3) is 10.0 Å². The lowest BCUT2D eigenvalue weighted by atomic mass is 9.86. The van der Waals surface area contributed by atoms with Crippen LogP contribution in [0.15, 0.2) is 65.6 Å². The zero-order chi connectivity index (χ0) is 28.0. The van der Waals surface area contributed by atoms with Crippen LogP contribution in [0.25, 0.3) is 11.1 Å². The van der Waals surface area contributed by atoms with Gasteiger partial charge in [-0.05, 0) is 55.8 Å². The number of nitrogens with zero attached hydrogens (tertiary/aromatic N) is 1. The number of carboxylic acids is 1. The lowest BCUT2D eigenvalue weighted by molar-refractivity contribution is -0.148. The van der Waals surface area contributed by atoms with Gasteiger partial charge in [-0.3, -0.25) is 9.10 Å². The molecule has 4 rings (SSSR count). The molecule has 1 N–H and O–H groups in total. The van der Waals surface area contributed by atoms with Gasteiger partial charge in [-0.2, -0.15) is 13.2 Å². The first-order valence-corrected chi connectivity index (χ1v) is 13.1. The van der Waals surface area contributed by atoms with Crippen LogP contribution in [0.5, 0.6) is 5.75 Å². The van der Waals surface area contributed by atoms with Gasteiger partial charge >= 0.3 is 12.1 Å². The fraction of sp³-hybridized carbons (Fsp3) is 0.269. The molecule has 6 nitrogen and oxygen atoms in total. The Morgan fingerprint density at radius 2 is 1.79 bits per heavy atom. The molecule has 0 amide bonds. The molecule has 1 aliphatic heterocycles. The van der Waals surface area contributed by atoms with Crippen LogP contribution >= 0.6 is 11.6 Å². The summed E-state index contributed by atoms with van der Waals surface area (Å²) in [6, 6.07) is 11.8. The quantitative estimate of drug-likeness (QED) is 0.336. The maximum Gasteiger partial charge on any atom is 0.416 e. The third-order valence-corrected chi connectivity index (χ3v) is 8.38. The van der Waals surface area contributed by atoms with E-state index in [1.54, 1.807) is 0 Å². The van der Waals surface area contributed by atoms with E-state index in [9.17, 15) is 35.9 Å². The molecule has 0 radical (unpaired) electrons. The van der Waals surface area contributed by atoms with E-state index >= 15 is 0 Å². The molecule has 0 saturated heterocycles. The van der Waals surface area contributed by atoms with E-state index in [-0.39, 0.29) is 35.0 Å². The predicted molar refractivity (Wildman–Crippen MR) is 133 cm³/mol. The van der Waals surface area contributed by atoms with Gasteiger partial charge in [-0.1, -0.05) is 35.9 Å². The smallest absolute Gasteiger partial charge is 0.416 e. The first-order valence-electron chi connectivity index (χ1n) is 11.3. The zero-order valence-corrected chi connectivity index (χ0v) is 21.7. The Morgan fingerprint density at radius 3 is 2.45 bits per heavy atom. The highest BCUT2D eigenvalue weighted by Crippen LogP contribution is 2.43. The molecule has 1 atom stereocenters. The lowest BCUT2D eigenvalue weighted by Crippen LogP contribution is -2.46. The van der Waals surface area contributed by atoms with Crippen LogP contribution in [0.2, 0.25) is 5.02 Å². The average Bonchev–Trinajstić information content (AvgIpc) is 2.84. The number of anilines is 1. The first kappa shape index (κ1) is 27.7. The number of rotatable bonds is 6. The van der Waals surface area contributed by atoms with E-state index in [0.717, 1.165) is 28.6 Å². The Kier molecular flexibility index (Phi) is 7.13. The molecule has 3 aromatic rings. The van der Waals surface area contributed by atoms with Gasteiger partial charge in [0, 0.05) is 12.0 Å². The monoisotopic (exact) mass is 571 g/mol. The van der Waals surface area contributed by atoms with Crippen LogP contribution in [0.3, 0.4) is 0 Å². The van der Waals surface area contributed by atoms with Crippen molar-refractivity contribution in [1.82, 2.24) is 0 Å². The summed E-state index contributed by atoms with van der Waals surface area (Å²) in [6.07, 6.45) is -5.80. The standard InChI is InChI=1S/C26H22ClF4NO5S/c1-25(2,24(33)34)13-17-14-32(38(35,36)18-6-3-5-16(12-18)26(29,30)31)21-11-15(9-10-22(21)37-17)19-7-4-8-20(28)23(19)27/h3-12,17H,13-14H2,1-2H3,(H,33,34)/t17-/m0/s1. The highest BCUT2D eigenvalue weighted by molar-refractivity contribution is 7.92. The van der Waals surface area contributed by atoms with Gasteiger partial charge in [0.05, 0.1) is 33.1 Å². The van der Waals surface area contributed by atoms with Crippen molar-refractivity contribution >= 4 is 33.3 Å². The molecule has 38 heavy (non-hydrogen) atoms.